The van der Waals surface area contributed by atoms with Crippen LogP contribution in [0.15, 0.2) is 18.2 Å². The lowest BCUT2D eigenvalue weighted by Gasteiger charge is -2.39. The fraction of sp³-hybridized carbons (Fsp3) is 0.476. The quantitative estimate of drug-likeness (QED) is 0.674. The topological polar surface area (TPSA) is 74.2 Å². The highest BCUT2D eigenvalue weighted by Gasteiger charge is 2.46. The summed E-state index contributed by atoms with van der Waals surface area (Å²) in [5, 5.41) is 23.8. The van der Waals surface area contributed by atoms with Gasteiger partial charge in [0.1, 0.15) is 11.9 Å². The highest BCUT2D eigenvalue weighted by molar-refractivity contribution is 7.18. The van der Waals surface area contributed by atoms with E-state index in [0.29, 0.717) is 17.3 Å². The fourth-order valence-corrected chi connectivity index (χ4v) is 6.06. The summed E-state index contributed by atoms with van der Waals surface area (Å²) < 4.78 is 16.1. The minimum atomic E-state index is -0.873. The molecule has 0 spiro atoms. The minimum absolute atomic E-state index is 0.0263. The van der Waals surface area contributed by atoms with Crippen LogP contribution in [0.1, 0.15) is 29.8 Å². The van der Waals surface area contributed by atoms with Crippen molar-refractivity contribution in [1.29, 1.82) is 0 Å². The van der Waals surface area contributed by atoms with Gasteiger partial charge in [0, 0.05) is 35.8 Å². The molecular weight excluding hydrogens is 389 g/mol. The fourth-order valence-electron chi connectivity index (χ4n) is 5.21. The number of fused-ring (bicyclic) bond motifs is 4. The van der Waals surface area contributed by atoms with Crippen LogP contribution in [0, 0.1) is 6.92 Å². The van der Waals surface area contributed by atoms with Gasteiger partial charge in [-0.2, -0.15) is 0 Å². The number of aromatic hydroxyl groups is 1. The Balaban J connectivity index is 1.35. The molecule has 3 aromatic rings. The van der Waals surface area contributed by atoms with Crippen molar-refractivity contribution in [3.63, 3.8) is 0 Å². The lowest BCUT2D eigenvalue weighted by atomic mass is 9.96. The molecule has 3 aliphatic heterocycles. The zero-order chi connectivity index (χ0) is 19.7. The largest absolute Gasteiger partial charge is 0.507 e. The molecule has 3 aliphatic rings. The number of phenolic OH excluding ortho intramolecular Hbond substituents is 1. The second-order valence-electron chi connectivity index (χ2n) is 8.39. The van der Waals surface area contributed by atoms with Crippen LogP contribution in [0.2, 0.25) is 0 Å². The summed E-state index contributed by atoms with van der Waals surface area (Å²) >= 11 is 1.59. The molecule has 6 nitrogen and oxygen atoms in total. The Morgan fingerprint density at radius 2 is 2.14 bits per heavy atom. The van der Waals surface area contributed by atoms with Crippen LogP contribution in [-0.4, -0.2) is 51.1 Å². The second kappa shape index (κ2) is 6.34. The summed E-state index contributed by atoms with van der Waals surface area (Å²) in [4.78, 5) is 6.55. The first-order chi connectivity index (χ1) is 14.1. The van der Waals surface area contributed by atoms with Gasteiger partial charge >= 0.3 is 0 Å². The molecule has 0 unspecified atom stereocenters. The number of anilines is 1. The van der Waals surface area contributed by atoms with Crippen molar-refractivity contribution in [2.45, 2.75) is 56.9 Å². The van der Waals surface area contributed by atoms with E-state index in [1.165, 1.54) is 0 Å². The monoisotopic (exact) mass is 411 g/mol. The number of nitrogens with one attached hydrogen (secondary N) is 1. The molecule has 1 aromatic carbocycles. The average molecular weight is 412 g/mol. The van der Waals surface area contributed by atoms with Crippen LogP contribution in [0.25, 0.3) is 21.5 Å². The molecule has 2 bridgehead atoms. The number of nitrogens with zero attached hydrogens (tertiary/aromatic N) is 4. The number of alkyl halides is 1. The molecule has 0 aliphatic carbocycles. The van der Waals surface area contributed by atoms with E-state index in [2.05, 4.69) is 25.4 Å². The van der Waals surface area contributed by atoms with Crippen LogP contribution in [0.5, 0.6) is 5.75 Å². The Labute approximate surface area is 171 Å². The van der Waals surface area contributed by atoms with Crippen molar-refractivity contribution in [3.8, 4) is 17.0 Å². The smallest absolute Gasteiger partial charge is 0.154 e. The van der Waals surface area contributed by atoms with E-state index in [9.17, 15) is 5.11 Å². The Hall–Kier alpha value is -2.32. The zero-order valence-electron chi connectivity index (χ0n) is 16.1. The van der Waals surface area contributed by atoms with Gasteiger partial charge in [-0.05, 0) is 44.7 Å². The molecule has 4 atom stereocenters. The lowest BCUT2D eigenvalue weighted by molar-refractivity contribution is 0.174. The molecule has 8 heteroatoms. The first kappa shape index (κ1) is 17.5. The van der Waals surface area contributed by atoms with Gasteiger partial charge in [0.2, 0.25) is 0 Å². The maximum atomic E-state index is 15.0. The van der Waals surface area contributed by atoms with Crippen molar-refractivity contribution < 1.29 is 9.50 Å². The van der Waals surface area contributed by atoms with Gasteiger partial charge < -0.3 is 15.3 Å². The maximum absolute atomic E-state index is 15.0. The number of hydrogen-bond donors (Lipinski definition) is 2. The Morgan fingerprint density at radius 3 is 3.03 bits per heavy atom. The van der Waals surface area contributed by atoms with Crippen molar-refractivity contribution in [3.05, 3.63) is 28.8 Å². The molecule has 6 rings (SSSR count). The van der Waals surface area contributed by atoms with Gasteiger partial charge in [-0.25, -0.2) is 9.37 Å². The first-order valence-corrected chi connectivity index (χ1v) is 11.0. The van der Waals surface area contributed by atoms with Gasteiger partial charge in [0.25, 0.3) is 0 Å². The van der Waals surface area contributed by atoms with Crippen LogP contribution in [0.4, 0.5) is 10.2 Å². The normalized spacial score (nSPS) is 28.3. The third kappa shape index (κ3) is 2.73. The predicted molar refractivity (Wildman–Crippen MR) is 111 cm³/mol. The summed E-state index contributed by atoms with van der Waals surface area (Å²) in [5.74, 6) is 0.961. The van der Waals surface area contributed by atoms with E-state index in [1.54, 1.807) is 17.4 Å². The number of halogens is 1. The highest BCUT2D eigenvalue weighted by Crippen LogP contribution is 2.39. The molecule has 5 heterocycles. The Kier molecular flexibility index (Phi) is 3.83. The van der Waals surface area contributed by atoms with Crippen LogP contribution >= 0.6 is 11.3 Å². The molecule has 2 fully saturated rings. The first-order valence-electron chi connectivity index (χ1n) is 10.2. The molecule has 150 valence electrons. The van der Waals surface area contributed by atoms with Gasteiger partial charge in [0.05, 0.1) is 27.0 Å². The lowest BCUT2D eigenvalue weighted by Crippen LogP contribution is -2.56. The number of aromatic nitrogens is 3. The molecule has 2 N–H and O–H groups in total. The molecule has 0 radical (unpaired) electrons. The molecule has 2 saturated heterocycles. The van der Waals surface area contributed by atoms with Crippen molar-refractivity contribution in [1.82, 2.24) is 20.5 Å². The summed E-state index contributed by atoms with van der Waals surface area (Å²) in [6, 6.07) is 5.88. The van der Waals surface area contributed by atoms with E-state index in [-0.39, 0.29) is 17.8 Å². The molecular formula is C21H22FN5OS. The van der Waals surface area contributed by atoms with E-state index >= 15 is 4.39 Å². The Bertz CT molecular complexity index is 1120. The average Bonchev–Trinajstić information content (AvgIpc) is 3.40. The van der Waals surface area contributed by atoms with E-state index in [0.717, 1.165) is 58.8 Å². The third-order valence-electron chi connectivity index (χ3n) is 6.59. The number of aryl methyl sites for hydroxylation is 1. The van der Waals surface area contributed by atoms with E-state index in [1.807, 2.05) is 19.1 Å². The summed E-state index contributed by atoms with van der Waals surface area (Å²) in [5.41, 5.74) is 3.19. The third-order valence-corrected chi connectivity index (χ3v) is 7.52. The molecule has 2 aromatic heterocycles. The molecule has 29 heavy (non-hydrogen) atoms. The van der Waals surface area contributed by atoms with Gasteiger partial charge in [-0.1, -0.05) is 0 Å². The number of thiazole rings is 1. The highest BCUT2D eigenvalue weighted by atomic mass is 32.1. The van der Waals surface area contributed by atoms with Crippen LogP contribution in [0.3, 0.4) is 0 Å². The van der Waals surface area contributed by atoms with Gasteiger partial charge in [-0.3, -0.25) is 0 Å². The number of phenols is 1. The van der Waals surface area contributed by atoms with Crippen LogP contribution in [-0.2, 0) is 6.42 Å². The van der Waals surface area contributed by atoms with E-state index < -0.39 is 6.17 Å². The van der Waals surface area contributed by atoms with Crippen molar-refractivity contribution in [2.24, 2.45) is 0 Å². The molecule has 0 saturated carbocycles. The summed E-state index contributed by atoms with van der Waals surface area (Å²) in [6.45, 7) is 2.73. The zero-order valence-corrected chi connectivity index (χ0v) is 16.9. The Morgan fingerprint density at radius 1 is 1.24 bits per heavy atom. The van der Waals surface area contributed by atoms with Crippen molar-refractivity contribution >= 4 is 27.4 Å². The number of benzene rings is 1. The SMILES string of the molecule is Cc1nc2cc(O)c(-c3cc4c(nn3)N([C@H]3C[C@@H]5CC[C@@H](N5)[C@H]3F)CC4)cc2s1. The standard InChI is InChI=1S/C21H22FN5OS/c1-10-23-16-9-18(28)13(8-19(16)29-10)15-6-11-4-5-27(21(11)26-25-15)17-7-12-2-3-14(24-12)20(17)22/h6,8-9,12,14,17,20,24,28H,2-5,7H2,1H3/t12-,14+,17-,20+/m0/s1. The molecule has 0 amide bonds. The number of rotatable bonds is 2. The predicted octanol–water partition coefficient (Wildman–Crippen LogP) is 3.36. The second-order valence-corrected chi connectivity index (χ2v) is 9.62. The van der Waals surface area contributed by atoms with Crippen molar-refractivity contribution in [2.75, 3.05) is 11.4 Å². The van der Waals surface area contributed by atoms with Gasteiger partial charge in [-0.15, -0.1) is 21.5 Å². The maximum Gasteiger partial charge on any atom is 0.154 e. The number of hydrogen-bond acceptors (Lipinski definition) is 7. The summed E-state index contributed by atoms with van der Waals surface area (Å²) in [6.07, 6.45) is 2.76. The van der Waals surface area contributed by atoms with Gasteiger partial charge in [0.15, 0.2) is 5.82 Å². The minimum Gasteiger partial charge on any atom is -0.507 e. The number of piperidine rings is 1. The van der Waals surface area contributed by atoms with E-state index in [4.69, 9.17) is 0 Å². The summed E-state index contributed by atoms with van der Waals surface area (Å²) in [7, 11) is 0. The van der Waals surface area contributed by atoms with Crippen LogP contribution < -0.4 is 10.2 Å².